The monoisotopic (exact) mass is 365 g/mol. The molecule has 2 aromatic rings. The summed E-state index contributed by atoms with van der Waals surface area (Å²) >= 11 is 0. The van der Waals surface area contributed by atoms with Crippen LogP contribution in [0, 0.1) is 5.92 Å². The predicted octanol–water partition coefficient (Wildman–Crippen LogP) is 2.43. The van der Waals surface area contributed by atoms with Crippen molar-refractivity contribution in [3.63, 3.8) is 0 Å². The maximum Gasteiger partial charge on any atom is 0.292 e. The Morgan fingerprint density at radius 1 is 1.00 bits per heavy atom. The summed E-state index contributed by atoms with van der Waals surface area (Å²) < 4.78 is 5.79. The standard InChI is InChI=1S/C22H24N2O3/c1-16-6-5-13-23(15-16)20-14-21(25)24(22(20)26)17-9-11-19(12-10-17)27-18-7-3-2-4-8-18/h2-4,7-12,16,20H,5-6,13-15H2,1H3/p+1/t16-,20-/m1/s1. The molecule has 0 spiro atoms. The van der Waals surface area contributed by atoms with Gasteiger partial charge in [0.15, 0.2) is 6.04 Å². The van der Waals surface area contributed by atoms with Gasteiger partial charge in [-0.05, 0) is 49.2 Å². The molecule has 1 unspecified atom stereocenters. The number of carbonyl (C=O) groups is 2. The molecule has 0 saturated carbocycles. The molecule has 0 radical (unpaired) electrons. The molecule has 2 aromatic carbocycles. The van der Waals surface area contributed by atoms with Crippen LogP contribution in [0.15, 0.2) is 54.6 Å². The maximum atomic E-state index is 13.0. The second-order valence-electron chi connectivity index (χ2n) is 7.59. The van der Waals surface area contributed by atoms with E-state index in [9.17, 15) is 9.59 Å². The third kappa shape index (κ3) is 3.74. The van der Waals surface area contributed by atoms with Gasteiger partial charge < -0.3 is 9.64 Å². The zero-order valence-electron chi connectivity index (χ0n) is 15.6. The number of nitrogens with zero attached hydrogens (tertiary/aromatic N) is 1. The Labute approximate surface area is 159 Å². The average Bonchev–Trinajstić information content (AvgIpc) is 2.98. The molecule has 2 aliphatic rings. The SMILES string of the molecule is C[C@@H]1CCC[NH+]([C@@H]2CC(=O)N(c3ccc(Oc4ccccc4)cc3)C2=O)C1. The molecule has 2 aliphatic heterocycles. The number of ether oxygens (including phenoxy) is 1. The van der Waals surface area contributed by atoms with Crippen LogP contribution in [-0.2, 0) is 9.59 Å². The molecule has 3 atom stereocenters. The second-order valence-corrected chi connectivity index (χ2v) is 7.59. The molecule has 140 valence electrons. The van der Waals surface area contributed by atoms with Gasteiger partial charge in [-0.15, -0.1) is 0 Å². The largest absolute Gasteiger partial charge is 0.457 e. The summed E-state index contributed by atoms with van der Waals surface area (Å²) in [6.07, 6.45) is 2.65. The van der Waals surface area contributed by atoms with Crippen molar-refractivity contribution in [2.45, 2.75) is 32.2 Å². The molecule has 0 aromatic heterocycles. The number of anilines is 1. The van der Waals surface area contributed by atoms with E-state index in [1.807, 2.05) is 30.3 Å². The number of hydrogen-bond acceptors (Lipinski definition) is 3. The fraction of sp³-hybridized carbons (Fsp3) is 0.364. The van der Waals surface area contributed by atoms with E-state index in [2.05, 4.69) is 6.92 Å². The number of quaternary nitrogens is 1. The van der Waals surface area contributed by atoms with Crippen LogP contribution in [0.1, 0.15) is 26.2 Å². The van der Waals surface area contributed by atoms with Crippen molar-refractivity contribution in [3.8, 4) is 11.5 Å². The lowest BCUT2D eigenvalue weighted by Crippen LogP contribution is -3.18. The number of likely N-dealkylation sites (tertiary alicyclic amines) is 1. The van der Waals surface area contributed by atoms with E-state index >= 15 is 0 Å². The van der Waals surface area contributed by atoms with Crippen molar-refractivity contribution in [1.82, 2.24) is 0 Å². The lowest BCUT2D eigenvalue weighted by molar-refractivity contribution is -0.923. The number of amides is 2. The third-order valence-corrected chi connectivity index (χ3v) is 5.52. The van der Waals surface area contributed by atoms with Gasteiger partial charge in [0.25, 0.3) is 5.91 Å². The van der Waals surface area contributed by atoms with E-state index in [1.54, 1.807) is 24.3 Å². The van der Waals surface area contributed by atoms with Crippen molar-refractivity contribution in [2.24, 2.45) is 5.92 Å². The molecule has 0 aliphatic carbocycles. The average molecular weight is 365 g/mol. The Morgan fingerprint density at radius 3 is 2.41 bits per heavy atom. The van der Waals surface area contributed by atoms with Gasteiger partial charge in [-0.2, -0.15) is 0 Å². The van der Waals surface area contributed by atoms with Crippen LogP contribution in [0.3, 0.4) is 0 Å². The first kappa shape index (κ1) is 17.7. The molecular weight excluding hydrogens is 340 g/mol. The summed E-state index contributed by atoms with van der Waals surface area (Å²) in [5, 5.41) is 0. The highest BCUT2D eigenvalue weighted by Gasteiger charge is 2.46. The number of para-hydroxylation sites is 1. The molecular formula is C22H25N2O3+. The molecule has 2 heterocycles. The Kier molecular flexibility index (Phi) is 4.94. The van der Waals surface area contributed by atoms with Crippen molar-refractivity contribution in [2.75, 3.05) is 18.0 Å². The smallest absolute Gasteiger partial charge is 0.292 e. The van der Waals surface area contributed by atoms with Gasteiger partial charge in [0.1, 0.15) is 11.5 Å². The third-order valence-electron chi connectivity index (χ3n) is 5.52. The predicted molar refractivity (Wildman–Crippen MR) is 103 cm³/mol. The summed E-state index contributed by atoms with van der Waals surface area (Å²) in [5.74, 6) is 1.87. The number of imide groups is 1. The van der Waals surface area contributed by atoms with Gasteiger partial charge in [0.2, 0.25) is 5.91 Å². The molecule has 27 heavy (non-hydrogen) atoms. The Morgan fingerprint density at radius 2 is 1.70 bits per heavy atom. The minimum Gasteiger partial charge on any atom is -0.457 e. The van der Waals surface area contributed by atoms with Crippen molar-refractivity contribution in [1.29, 1.82) is 0 Å². The van der Waals surface area contributed by atoms with Gasteiger partial charge in [0.05, 0.1) is 25.2 Å². The highest BCUT2D eigenvalue weighted by atomic mass is 16.5. The minimum atomic E-state index is -0.236. The van der Waals surface area contributed by atoms with Crippen LogP contribution < -0.4 is 14.5 Å². The highest BCUT2D eigenvalue weighted by molar-refractivity contribution is 6.21. The Bertz CT molecular complexity index is 819. The van der Waals surface area contributed by atoms with E-state index in [4.69, 9.17) is 4.74 Å². The van der Waals surface area contributed by atoms with Crippen LogP contribution in [0.4, 0.5) is 5.69 Å². The summed E-state index contributed by atoms with van der Waals surface area (Å²) in [6, 6.07) is 16.4. The first-order valence-corrected chi connectivity index (χ1v) is 9.66. The van der Waals surface area contributed by atoms with E-state index < -0.39 is 0 Å². The molecule has 5 heteroatoms. The summed E-state index contributed by atoms with van der Waals surface area (Å²) in [7, 11) is 0. The van der Waals surface area contributed by atoms with Gasteiger partial charge in [0, 0.05) is 5.92 Å². The fourth-order valence-corrected chi connectivity index (χ4v) is 4.16. The van der Waals surface area contributed by atoms with Gasteiger partial charge >= 0.3 is 0 Å². The highest BCUT2D eigenvalue weighted by Crippen LogP contribution is 2.27. The topological polar surface area (TPSA) is 51.1 Å². The molecule has 2 amide bonds. The summed E-state index contributed by atoms with van der Waals surface area (Å²) in [5.41, 5.74) is 0.623. The molecule has 0 bridgehead atoms. The molecule has 2 saturated heterocycles. The molecule has 2 fully saturated rings. The van der Waals surface area contributed by atoms with Crippen molar-refractivity contribution >= 4 is 17.5 Å². The van der Waals surface area contributed by atoms with Gasteiger partial charge in [-0.25, -0.2) is 4.90 Å². The number of piperidine rings is 1. The Hall–Kier alpha value is -2.66. The van der Waals surface area contributed by atoms with Crippen molar-refractivity contribution < 1.29 is 19.2 Å². The van der Waals surface area contributed by atoms with Gasteiger partial charge in [-0.3, -0.25) is 9.59 Å². The van der Waals surface area contributed by atoms with Crippen molar-refractivity contribution in [3.05, 3.63) is 54.6 Å². The maximum absolute atomic E-state index is 13.0. The summed E-state index contributed by atoms with van der Waals surface area (Å²) in [4.78, 5) is 28.1. The number of benzene rings is 2. The molecule has 5 nitrogen and oxygen atoms in total. The van der Waals surface area contributed by atoms with E-state index in [0.29, 0.717) is 23.8 Å². The van der Waals surface area contributed by atoms with Crippen LogP contribution in [0.5, 0.6) is 11.5 Å². The first-order valence-electron chi connectivity index (χ1n) is 9.66. The number of rotatable bonds is 4. The zero-order valence-corrected chi connectivity index (χ0v) is 15.6. The molecule has 1 N–H and O–H groups in total. The number of hydrogen-bond donors (Lipinski definition) is 1. The van der Waals surface area contributed by atoms with Gasteiger partial charge in [-0.1, -0.05) is 25.1 Å². The van der Waals surface area contributed by atoms with E-state index in [1.165, 1.54) is 16.2 Å². The van der Waals surface area contributed by atoms with E-state index in [0.717, 1.165) is 25.3 Å². The van der Waals surface area contributed by atoms with Crippen LogP contribution in [0.25, 0.3) is 0 Å². The summed E-state index contributed by atoms with van der Waals surface area (Å²) in [6.45, 7) is 4.18. The quantitative estimate of drug-likeness (QED) is 0.847. The zero-order chi connectivity index (χ0) is 18.8. The van der Waals surface area contributed by atoms with Crippen LogP contribution in [0.2, 0.25) is 0 Å². The Balaban J connectivity index is 1.48. The minimum absolute atomic E-state index is 0.0687. The normalized spacial score (nSPS) is 25.7. The fourth-order valence-electron chi connectivity index (χ4n) is 4.16. The number of carbonyl (C=O) groups excluding carboxylic acids is 2. The van der Waals surface area contributed by atoms with E-state index in [-0.39, 0.29) is 17.9 Å². The lowest BCUT2D eigenvalue weighted by Gasteiger charge is -2.31. The lowest BCUT2D eigenvalue weighted by atomic mass is 9.98. The first-order chi connectivity index (χ1) is 13.1. The van der Waals surface area contributed by atoms with Crippen LogP contribution in [-0.4, -0.2) is 30.9 Å². The van der Waals surface area contributed by atoms with Crippen LogP contribution >= 0.6 is 0 Å². The molecule has 4 rings (SSSR count). The number of nitrogens with one attached hydrogen (secondary N) is 1. The second kappa shape index (κ2) is 7.53.